The van der Waals surface area contributed by atoms with Crippen molar-refractivity contribution < 1.29 is 4.79 Å². The van der Waals surface area contributed by atoms with Gasteiger partial charge in [0.15, 0.2) is 0 Å². The van der Waals surface area contributed by atoms with E-state index >= 15 is 0 Å². The number of carbonyl (C=O) groups excluding carboxylic acids is 1. The van der Waals surface area contributed by atoms with Gasteiger partial charge in [-0.1, -0.05) is 0 Å². The first-order valence-corrected chi connectivity index (χ1v) is 9.58. The second kappa shape index (κ2) is 9.48. The molecule has 0 aliphatic carbocycles. The van der Waals surface area contributed by atoms with Crippen molar-refractivity contribution in [1.82, 2.24) is 25.1 Å². The number of hydrogen-bond donors (Lipinski definition) is 2. The molecule has 0 spiro atoms. The molecule has 0 radical (unpaired) electrons. The predicted octanol–water partition coefficient (Wildman–Crippen LogP) is 1.26. The Labute approximate surface area is 166 Å². The average molecular weight is 384 g/mol. The van der Waals surface area contributed by atoms with E-state index in [9.17, 15) is 4.79 Å². The monoisotopic (exact) mass is 383 g/mol. The molecule has 0 bridgehead atoms. The van der Waals surface area contributed by atoms with Crippen molar-refractivity contribution >= 4 is 23.2 Å². The van der Waals surface area contributed by atoms with Gasteiger partial charge in [-0.25, -0.2) is 9.97 Å². The summed E-state index contributed by atoms with van der Waals surface area (Å²) in [5.74, 6) is 0.213. The summed E-state index contributed by atoms with van der Waals surface area (Å²) >= 11 is 0. The number of carbonyl (C=O) groups is 1. The van der Waals surface area contributed by atoms with E-state index in [4.69, 9.17) is 0 Å². The van der Waals surface area contributed by atoms with Gasteiger partial charge < -0.3 is 25.3 Å². The van der Waals surface area contributed by atoms with E-state index in [1.165, 1.54) is 5.69 Å². The van der Waals surface area contributed by atoms with E-state index in [1.54, 1.807) is 12.3 Å². The molecule has 8 heteroatoms. The van der Waals surface area contributed by atoms with E-state index in [2.05, 4.69) is 49.6 Å². The Hall–Kier alpha value is -2.71. The van der Waals surface area contributed by atoms with Crippen LogP contribution in [0.15, 0.2) is 36.5 Å². The highest BCUT2D eigenvalue weighted by molar-refractivity contribution is 5.92. The minimum atomic E-state index is -0.197. The first-order chi connectivity index (χ1) is 13.5. The summed E-state index contributed by atoms with van der Waals surface area (Å²) < 4.78 is 0. The zero-order valence-electron chi connectivity index (χ0n) is 16.9. The van der Waals surface area contributed by atoms with Crippen molar-refractivity contribution in [2.45, 2.75) is 0 Å². The quantitative estimate of drug-likeness (QED) is 0.745. The Morgan fingerprint density at radius 2 is 1.82 bits per heavy atom. The molecule has 28 heavy (non-hydrogen) atoms. The lowest BCUT2D eigenvalue weighted by molar-refractivity contribution is 0.0946. The van der Waals surface area contributed by atoms with Crippen molar-refractivity contribution in [2.75, 3.05) is 70.6 Å². The summed E-state index contributed by atoms with van der Waals surface area (Å²) in [6.45, 7) is 5.59. The molecule has 0 atom stereocenters. The van der Waals surface area contributed by atoms with Crippen LogP contribution in [0.2, 0.25) is 0 Å². The molecule has 2 heterocycles. The molecule has 1 aliphatic heterocycles. The molecule has 1 aromatic carbocycles. The Bertz CT molecular complexity index is 770. The standard InChI is InChI=1S/C20H29N7O/c1-25(2)11-10-21-19(28)18-8-9-22-20(24-18)23-16-4-6-17(7-5-16)27-14-12-26(3)13-15-27/h4-9H,10-15H2,1-3H3,(H,21,28)(H,22,23,24). The molecule has 0 saturated carbocycles. The molecule has 2 N–H and O–H groups in total. The molecular formula is C20H29N7O. The molecule has 3 rings (SSSR count). The fourth-order valence-electron chi connectivity index (χ4n) is 2.98. The summed E-state index contributed by atoms with van der Waals surface area (Å²) in [5, 5.41) is 6.03. The summed E-state index contributed by atoms with van der Waals surface area (Å²) in [6, 6.07) is 9.85. The third-order valence-corrected chi connectivity index (χ3v) is 4.72. The Balaban J connectivity index is 1.58. The number of nitrogens with one attached hydrogen (secondary N) is 2. The lowest BCUT2D eigenvalue weighted by Crippen LogP contribution is -2.44. The number of aromatic nitrogens is 2. The normalized spacial score (nSPS) is 14.9. The summed E-state index contributed by atoms with van der Waals surface area (Å²) in [5.41, 5.74) is 2.46. The van der Waals surface area contributed by atoms with Crippen molar-refractivity contribution in [3.05, 3.63) is 42.2 Å². The maximum Gasteiger partial charge on any atom is 0.270 e. The molecule has 150 valence electrons. The number of anilines is 3. The molecule has 1 saturated heterocycles. The number of likely N-dealkylation sites (N-methyl/N-ethyl adjacent to an activating group) is 2. The van der Waals surface area contributed by atoms with E-state index in [0.717, 1.165) is 38.4 Å². The predicted molar refractivity (Wildman–Crippen MR) is 112 cm³/mol. The van der Waals surface area contributed by atoms with Gasteiger partial charge >= 0.3 is 0 Å². The molecule has 1 aliphatic rings. The van der Waals surface area contributed by atoms with Gasteiger partial charge in [-0.3, -0.25) is 4.79 Å². The Kier molecular flexibility index (Phi) is 6.78. The number of piperazine rings is 1. The molecule has 1 amide bonds. The number of hydrogen-bond acceptors (Lipinski definition) is 7. The van der Waals surface area contributed by atoms with E-state index in [0.29, 0.717) is 18.2 Å². The maximum atomic E-state index is 12.2. The maximum absolute atomic E-state index is 12.2. The largest absolute Gasteiger partial charge is 0.369 e. The van der Waals surface area contributed by atoms with Crippen molar-refractivity contribution in [3.63, 3.8) is 0 Å². The Morgan fingerprint density at radius 1 is 1.11 bits per heavy atom. The number of benzene rings is 1. The van der Waals surface area contributed by atoms with Crippen LogP contribution in [0, 0.1) is 0 Å². The first-order valence-electron chi connectivity index (χ1n) is 9.58. The van der Waals surface area contributed by atoms with Crippen LogP contribution >= 0.6 is 0 Å². The third kappa shape index (κ3) is 5.64. The van der Waals surface area contributed by atoms with Gasteiger partial charge in [0.1, 0.15) is 5.69 Å². The minimum absolute atomic E-state index is 0.197. The molecule has 0 unspecified atom stereocenters. The van der Waals surface area contributed by atoms with Gasteiger partial charge in [0.2, 0.25) is 5.95 Å². The molecular weight excluding hydrogens is 354 g/mol. The van der Waals surface area contributed by atoms with E-state index in [-0.39, 0.29) is 5.91 Å². The SMILES string of the molecule is CN(C)CCNC(=O)c1ccnc(Nc2ccc(N3CCN(C)CC3)cc2)n1. The van der Waals surface area contributed by atoms with Crippen molar-refractivity contribution in [3.8, 4) is 0 Å². The van der Waals surface area contributed by atoms with Crippen molar-refractivity contribution in [1.29, 1.82) is 0 Å². The van der Waals surface area contributed by atoms with Crippen LogP contribution in [0.1, 0.15) is 10.5 Å². The van der Waals surface area contributed by atoms with Crippen LogP contribution in [-0.2, 0) is 0 Å². The van der Waals surface area contributed by atoms with Crippen LogP contribution < -0.4 is 15.5 Å². The van der Waals surface area contributed by atoms with Gasteiger partial charge in [-0.05, 0) is 51.5 Å². The number of amides is 1. The zero-order chi connectivity index (χ0) is 19.9. The van der Waals surface area contributed by atoms with Crippen LogP contribution in [0.25, 0.3) is 0 Å². The van der Waals surface area contributed by atoms with Gasteiger partial charge in [0, 0.05) is 56.8 Å². The molecule has 1 aromatic heterocycles. The van der Waals surface area contributed by atoms with Crippen molar-refractivity contribution in [2.24, 2.45) is 0 Å². The molecule has 2 aromatic rings. The molecule has 8 nitrogen and oxygen atoms in total. The fourth-order valence-corrected chi connectivity index (χ4v) is 2.98. The minimum Gasteiger partial charge on any atom is -0.369 e. The van der Waals surface area contributed by atoms with Crippen LogP contribution in [0.4, 0.5) is 17.3 Å². The van der Waals surface area contributed by atoms with Gasteiger partial charge in [0.25, 0.3) is 5.91 Å². The average Bonchev–Trinajstić information content (AvgIpc) is 2.69. The lowest BCUT2D eigenvalue weighted by atomic mass is 10.2. The topological polar surface area (TPSA) is 76.6 Å². The second-order valence-electron chi connectivity index (χ2n) is 7.29. The third-order valence-electron chi connectivity index (χ3n) is 4.72. The van der Waals surface area contributed by atoms with E-state index < -0.39 is 0 Å². The van der Waals surface area contributed by atoms with Crippen LogP contribution in [0.5, 0.6) is 0 Å². The highest BCUT2D eigenvalue weighted by Crippen LogP contribution is 2.20. The zero-order valence-corrected chi connectivity index (χ0v) is 16.9. The van der Waals surface area contributed by atoms with Gasteiger partial charge in [0.05, 0.1) is 0 Å². The number of rotatable bonds is 7. The van der Waals surface area contributed by atoms with E-state index in [1.807, 2.05) is 31.1 Å². The Morgan fingerprint density at radius 3 is 2.50 bits per heavy atom. The number of nitrogens with zero attached hydrogens (tertiary/aromatic N) is 5. The van der Waals surface area contributed by atoms with Gasteiger partial charge in [-0.15, -0.1) is 0 Å². The summed E-state index contributed by atoms with van der Waals surface area (Å²) in [6.07, 6.45) is 1.59. The van der Waals surface area contributed by atoms with Crippen LogP contribution in [0.3, 0.4) is 0 Å². The molecule has 1 fully saturated rings. The van der Waals surface area contributed by atoms with Gasteiger partial charge in [-0.2, -0.15) is 0 Å². The highest BCUT2D eigenvalue weighted by atomic mass is 16.1. The summed E-state index contributed by atoms with van der Waals surface area (Å²) in [4.78, 5) is 27.5. The van der Waals surface area contributed by atoms with Crippen LogP contribution in [-0.4, -0.2) is 86.1 Å². The lowest BCUT2D eigenvalue weighted by Gasteiger charge is -2.34. The fraction of sp³-hybridized carbons (Fsp3) is 0.450. The second-order valence-corrected chi connectivity index (χ2v) is 7.29. The highest BCUT2D eigenvalue weighted by Gasteiger charge is 2.14. The summed E-state index contributed by atoms with van der Waals surface area (Å²) in [7, 11) is 6.09. The smallest absolute Gasteiger partial charge is 0.270 e. The first kappa shape index (κ1) is 20.0.